The number of halogens is 3. The van der Waals surface area contributed by atoms with Gasteiger partial charge in [-0.3, -0.25) is 0 Å². The molecular formula is C10H6BrClFNS. The SMILES string of the molecule is Fc1ccc(Br)cc1-c1ncc(CCl)s1. The number of hydrogen-bond acceptors (Lipinski definition) is 2. The molecule has 0 atom stereocenters. The molecule has 2 rings (SSSR count). The number of aromatic nitrogens is 1. The van der Waals surface area contributed by atoms with Crippen LogP contribution in [0.15, 0.2) is 28.9 Å². The van der Waals surface area contributed by atoms with E-state index in [4.69, 9.17) is 11.6 Å². The third kappa shape index (κ3) is 2.38. The van der Waals surface area contributed by atoms with Crippen LogP contribution in [0.4, 0.5) is 4.39 Å². The van der Waals surface area contributed by atoms with Crippen molar-refractivity contribution < 1.29 is 4.39 Å². The normalized spacial score (nSPS) is 10.6. The zero-order chi connectivity index (χ0) is 10.8. The molecule has 1 nitrogen and oxygen atoms in total. The molecule has 0 aliphatic rings. The summed E-state index contributed by atoms with van der Waals surface area (Å²) in [5.74, 6) is 0.140. The molecule has 0 aliphatic heterocycles. The molecule has 1 aromatic carbocycles. The Morgan fingerprint density at radius 1 is 1.47 bits per heavy atom. The first-order valence-electron chi connectivity index (χ1n) is 4.17. The molecule has 15 heavy (non-hydrogen) atoms. The van der Waals surface area contributed by atoms with Crippen molar-refractivity contribution in [1.29, 1.82) is 0 Å². The molecule has 0 radical (unpaired) electrons. The molecule has 0 unspecified atom stereocenters. The molecule has 0 saturated heterocycles. The summed E-state index contributed by atoms with van der Waals surface area (Å²) in [6, 6.07) is 4.79. The van der Waals surface area contributed by atoms with Crippen LogP contribution in [0.5, 0.6) is 0 Å². The Kier molecular flexibility index (Phi) is 3.38. The summed E-state index contributed by atoms with van der Waals surface area (Å²) >= 11 is 10.4. The second kappa shape index (κ2) is 4.60. The molecule has 0 amide bonds. The first-order valence-corrected chi connectivity index (χ1v) is 6.31. The molecule has 1 aromatic heterocycles. The van der Waals surface area contributed by atoms with E-state index in [2.05, 4.69) is 20.9 Å². The minimum Gasteiger partial charge on any atom is -0.244 e. The maximum atomic E-state index is 13.5. The van der Waals surface area contributed by atoms with E-state index in [1.54, 1.807) is 18.3 Å². The third-order valence-corrected chi connectivity index (χ3v) is 3.81. The average molecular weight is 307 g/mol. The Labute approximate surface area is 104 Å². The molecule has 0 saturated carbocycles. The Morgan fingerprint density at radius 3 is 2.93 bits per heavy atom. The summed E-state index contributed by atoms with van der Waals surface area (Å²) in [5.41, 5.74) is 0.505. The summed E-state index contributed by atoms with van der Waals surface area (Å²) in [7, 11) is 0. The molecule has 0 spiro atoms. The van der Waals surface area contributed by atoms with Gasteiger partial charge in [-0.1, -0.05) is 15.9 Å². The fourth-order valence-corrected chi connectivity index (χ4v) is 2.53. The predicted octanol–water partition coefficient (Wildman–Crippen LogP) is 4.45. The van der Waals surface area contributed by atoms with E-state index in [0.717, 1.165) is 9.35 Å². The van der Waals surface area contributed by atoms with E-state index in [9.17, 15) is 4.39 Å². The molecule has 1 heterocycles. The minimum absolute atomic E-state index is 0.270. The molecule has 0 fully saturated rings. The zero-order valence-electron chi connectivity index (χ0n) is 7.51. The van der Waals surface area contributed by atoms with Crippen molar-refractivity contribution in [2.24, 2.45) is 0 Å². The summed E-state index contributed by atoms with van der Waals surface area (Å²) in [6.45, 7) is 0. The van der Waals surface area contributed by atoms with E-state index in [1.165, 1.54) is 17.4 Å². The first-order chi connectivity index (χ1) is 7.20. The van der Waals surface area contributed by atoms with Crippen LogP contribution in [0, 0.1) is 5.82 Å². The van der Waals surface area contributed by atoms with Crippen LogP contribution in [0.3, 0.4) is 0 Å². The maximum Gasteiger partial charge on any atom is 0.133 e. The van der Waals surface area contributed by atoms with Crippen LogP contribution in [0.1, 0.15) is 4.88 Å². The van der Waals surface area contributed by atoms with Crippen LogP contribution in [-0.2, 0) is 5.88 Å². The van der Waals surface area contributed by atoms with Gasteiger partial charge in [0.1, 0.15) is 10.8 Å². The van der Waals surface area contributed by atoms with Gasteiger partial charge in [0.25, 0.3) is 0 Å². The van der Waals surface area contributed by atoms with Crippen molar-refractivity contribution in [1.82, 2.24) is 4.98 Å². The van der Waals surface area contributed by atoms with Crippen LogP contribution >= 0.6 is 38.9 Å². The summed E-state index contributed by atoms with van der Waals surface area (Å²) in [6.07, 6.45) is 1.67. The summed E-state index contributed by atoms with van der Waals surface area (Å²) in [5, 5.41) is 0.657. The number of alkyl halides is 1. The molecule has 0 aliphatic carbocycles. The maximum absolute atomic E-state index is 13.5. The molecule has 78 valence electrons. The van der Waals surface area contributed by atoms with Crippen LogP contribution < -0.4 is 0 Å². The molecule has 0 bridgehead atoms. The first kappa shape index (κ1) is 11.0. The van der Waals surface area contributed by atoms with Gasteiger partial charge in [-0.2, -0.15) is 0 Å². The Morgan fingerprint density at radius 2 is 2.27 bits per heavy atom. The van der Waals surface area contributed by atoms with E-state index in [-0.39, 0.29) is 5.82 Å². The van der Waals surface area contributed by atoms with Crippen LogP contribution in [-0.4, -0.2) is 4.98 Å². The molecular weight excluding hydrogens is 301 g/mol. The van der Waals surface area contributed by atoms with Crippen LogP contribution in [0.2, 0.25) is 0 Å². The standard InChI is InChI=1S/C10H6BrClFNS/c11-6-1-2-9(13)8(3-6)10-14-5-7(4-12)15-10/h1-3,5H,4H2. The van der Waals surface area contributed by atoms with Crippen molar-refractivity contribution >= 4 is 38.9 Å². The van der Waals surface area contributed by atoms with Crippen molar-refractivity contribution in [3.63, 3.8) is 0 Å². The van der Waals surface area contributed by atoms with E-state index >= 15 is 0 Å². The van der Waals surface area contributed by atoms with Crippen LogP contribution in [0.25, 0.3) is 10.6 Å². The van der Waals surface area contributed by atoms with E-state index in [1.807, 2.05) is 0 Å². The highest BCUT2D eigenvalue weighted by Gasteiger charge is 2.09. The van der Waals surface area contributed by atoms with Gasteiger partial charge in [-0.05, 0) is 18.2 Å². The van der Waals surface area contributed by atoms with Crippen molar-refractivity contribution in [3.8, 4) is 10.6 Å². The highest BCUT2D eigenvalue weighted by molar-refractivity contribution is 9.10. The van der Waals surface area contributed by atoms with Gasteiger partial charge in [0.15, 0.2) is 0 Å². The van der Waals surface area contributed by atoms with Crippen molar-refractivity contribution in [2.75, 3.05) is 0 Å². The van der Waals surface area contributed by atoms with Gasteiger partial charge in [-0.15, -0.1) is 22.9 Å². The third-order valence-electron chi connectivity index (χ3n) is 1.84. The lowest BCUT2D eigenvalue weighted by molar-refractivity contribution is 0.631. The summed E-state index contributed by atoms with van der Waals surface area (Å²) in [4.78, 5) is 5.07. The lowest BCUT2D eigenvalue weighted by Gasteiger charge is -1.99. The van der Waals surface area contributed by atoms with Gasteiger partial charge in [0.2, 0.25) is 0 Å². The second-order valence-electron chi connectivity index (χ2n) is 2.89. The highest BCUT2D eigenvalue weighted by atomic mass is 79.9. The van der Waals surface area contributed by atoms with Gasteiger partial charge in [0.05, 0.1) is 5.88 Å². The Balaban J connectivity index is 2.48. The van der Waals surface area contributed by atoms with E-state index in [0.29, 0.717) is 16.5 Å². The quantitative estimate of drug-likeness (QED) is 0.747. The largest absolute Gasteiger partial charge is 0.244 e. The fourth-order valence-electron chi connectivity index (χ4n) is 1.16. The number of rotatable bonds is 2. The molecule has 2 aromatic rings. The van der Waals surface area contributed by atoms with Gasteiger partial charge >= 0.3 is 0 Å². The lowest BCUT2D eigenvalue weighted by atomic mass is 10.2. The predicted molar refractivity (Wildman–Crippen MR) is 64.8 cm³/mol. The summed E-state index contributed by atoms with van der Waals surface area (Å²) < 4.78 is 14.3. The highest BCUT2D eigenvalue weighted by Crippen LogP contribution is 2.30. The smallest absolute Gasteiger partial charge is 0.133 e. The number of benzene rings is 1. The van der Waals surface area contributed by atoms with Gasteiger partial charge < -0.3 is 0 Å². The fraction of sp³-hybridized carbons (Fsp3) is 0.100. The average Bonchev–Trinajstić information content (AvgIpc) is 2.70. The Hall–Kier alpha value is -0.450. The monoisotopic (exact) mass is 305 g/mol. The van der Waals surface area contributed by atoms with Gasteiger partial charge in [0, 0.05) is 21.1 Å². The van der Waals surface area contributed by atoms with Gasteiger partial charge in [-0.25, -0.2) is 9.37 Å². The topological polar surface area (TPSA) is 12.9 Å². The number of hydrogen-bond donors (Lipinski definition) is 0. The van der Waals surface area contributed by atoms with Crippen molar-refractivity contribution in [3.05, 3.63) is 39.6 Å². The Bertz CT molecular complexity index is 486. The van der Waals surface area contributed by atoms with Crippen molar-refractivity contribution in [2.45, 2.75) is 5.88 Å². The second-order valence-corrected chi connectivity index (χ2v) is 5.19. The zero-order valence-corrected chi connectivity index (χ0v) is 10.7. The number of thiazole rings is 1. The molecule has 5 heteroatoms. The minimum atomic E-state index is -0.270. The number of nitrogens with zero attached hydrogens (tertiary/aromatic N) is 1. The lowest BCUT2D eigenvalue weighted by Crippen LogP contribution is -1.82. The molecule has 0 N–H and O–H groups in total. The van der Waals surface area contributed by atoms with E-state index < -0.39 is 0 Å².